The van der Waals surface area contributed by atoms with Crippen LogP contribution in [0.4, 0.5) is 5.69 Å². The number of carbonyl (C=O) groups excluding carboxylic acids is 1. The molecule has 2 aromatic carbocycles. The predicted octanol–water partition coefficient (Wildman–Crippen LogP) is 3.40. The Morgan fingerprint density at radius 1 is 1.24 bits per heavy atom. The Morgan fingerprint density at radius 2 is 1.90 bits per heavy atom. The molecule has 0 aromatic heterocycles. The van der Waals surface area contributed by atoms with E-state index in [1.807, 2.05) is 12.1 Å². The number of benzene rings is 2. The number of anilines is 1. The maximum absolute atomic E-state index is 12.2. The van der Waals surface area contributed by atoms with Crippen molar-refractivity contribution < 1.29 is 10.0 Å². The maximum atomic E-state index is 12.2. The minimum atomic E-state index is -0.211. The molecule has 4 N–H and O–H groups in total. The number of nitrogens with two attached hydrogens (primary N) is 1. The van der Waals surface area contributed by atoms with Crippen molar-refractivity contribution in [2.75, 3.05) is 5.32 Å². The van der Waals surface area contributed by atoms with E-state index in [1.54, 1.807) is 30.3 Å². The van der Waals surface area contributed by atoms with Gasteiger partial charge < -0.3 is 16.3 Å². The zero-order valence-corrected chi connectivity index (χ0v) is 14.4. The van der Waals surface area contributed by atoms with Gasteiger partial charge in [0, 0.05) is 19.3 Å². The van der Waals surface area contributed by atoms with Gasteiger partial charge in [0.2, 0.25) is 0 Å². The third-order valence-corrected chi connectivity index (χ3v) is 4.08. The summed E-state index contributed by atoms with van der Waals surface area (Å²) in [7, 11) is 0. The lowest BCUT2D eigenvalue weighted by Crippen LogP contribution is -2.14. The molecular weight excluding hydrogens is 449 g/mol. The highest BCUT2D eigenvalue weighted by Crippen LogP contribution is 2.21. The number of nitrogens with one attached hydrogen (secondary N) is 1. The Labute approximate surface area is 143 Å². The van der Waals surface area contributed by atoms with Crippen molar-refractivity contribution in [3.8, 4) is 0 Å². The summed E-state index contributed by atoms with van der Waals surface area (Å²) in [4.78, 5) is 12.2. The van der Waals surface area contributed by atoms with Gasteiger partial charge in [0.15, 0.2) is 5.84 Å². The molecule has 108 valence electrons. The molecule has 0 unspecified atom stereocenters. The van der Waals surface area contributed by atoms with Crippen LogP contribution < -0.4 is 11.1 Å². The first kappa shape index (κ1) is 15.8. The molecule has 0 heterocycles. The van der Waals surface area contributed by atoms with E-state index < -0.39 is 0 Å². The fourth-order valence-corrected chi connectivity index (χ4v) is 2.57. The second-order valence-corrected chi connectivity index (χ2v) is 6.24. The summed E-state index contributed by atoms with van der Waals surface area (Å²) in [6.45, 7) is 0. The molecule has 0 bridgehead atoms. The molecule has 0 aliphatic rings. The van der Waals surface area contributed by atoms with Crippen molar-refractivity contribution in [3.63, 3.8) is 0 Å². The number of halogens is 2. The van der Waals surface area contributed by atoms with Gasteiger partial charge in [0.25, 0.3) is 5.91 Å². The molecule has 2 aromatic rings. The van der Waals surface area contributed by atoms with E-state index in [0.29, 0.717) is 16.8 Å². The largest absolute Gasteiger partial charge is 0.409 e. The lowest BCUT2D eigenvalue weighted by Gasteiger charge is -2.08. The van der Waals surface area contributed by atoms with Crippen molar-refractivity contribution in [1.82, 2.24) is 0 Å². The van der Waals surface area contributed by atoms with Crippen LogP contribution in [0.2, 0.25) is 0 Å². The second kappa shape index (κ2) is 6.90. The summed E-state index contributed by atoms with van der Waals surface area (Å²) in [6, 6.07) is 12.2. The van der Waals surface area contributed by atoms with Crippen LogP contribution in [0.5, 0.6) is 0 Å². The Bertz CT molecular complexity index is 702. The molecule has 0 fully saturated rings. The summed E-state index contributed by atoms with van der Waals surface area (Å²) in [6.07, 6.45) is 0. The average Bonchev–Trinajstić information content (AvgIpc) is 2.49. The maximum Gasteiger partial charge on any atom is 0.256 e. The van der Waals surface area contributed by atoms with E-state index in [9.17, 15) is 4.79 Å². The van der Waals surface area contributed by atoms with Crippen LogP contribution in [0, 0.1) is 3.57 Å². The molecular formula is C14H11BrIN3O2. The van der Waals surface area contributed by atoms with Crippen LogP contribution in [0.1, 0.15) is 15.9 Å². The monoisotopic (exact) mass is 459 g/mol. The number of hydrogen-bond acceptors (Lipinski definition) is 3. The lowest BCUT2D eigenvalue weighted by atomic mass is 10.1. The molecule has 1 amide bonds. The number of hydrogen-bond donors (Lipinski definition) is 3. The molecule has 0 aliphatic heterocycles. The topological polar surface area (TPSA) is 87.7 Å². The molecule has 0 saturated carbocycles. The van der Waals surface area contributed by atoms with Gasteiger partial charge in [-0.1, -0.05) is 5.16 Å². The number of amides is 1. The molecule has 21 heavy (non-hydrogen) atoms. The highest BCUT2D eigenvalue weighted by Gasteiger charge is 2.11. The van der Waals surface area contributed by atoms with Crippen molar-refractivity contribution in [2.24, 2.45) is 10.9 Å². The lowest BCUT2D eigenvalue weighted by molar-refractivity contribution is 0.102. The Balaban J connectivity index is 2.18. The van der Waals surface area contributed by atoms with Crippen molar-refractivity contribution in [3.05, 3.63) is 61.6 Å². The normalized spacial score (nSPS) is 11.2. The third kappa shape index (κ3) is 3.94. The number of carbonyl (C=O) groups is 1. The van der Waals surface area contributed by atoms with E-state index in [1.165, 1.54) is 0 Å². The number of amidine groups is 1. The predicted molar refractivity (Wildman–Crippen MR) is 93.8 cm³/mol. The first-order valence-electron chi connectivity index (χ1n) is 5.85. The highest BCUT2D eigenvalue weighted by molar-refractivity contribution is 14.1. The molecule has 0 aliphatic carbocycles. The van der Waals surface area contributed by atoms with Crippen LogP contribution >= 0.6 is 38.5 Å². The number of oxime groups is 1. The second-order valence-electron chi connectivity index (χ2n) is 4.14. The minimum absolute atomic E-state index is 0.0215. The Hall–Kier alpha value is -1.61. The minimum Gasteiger partial charge on any atom is -0.409 e. The van der Waals surface area contributed by atoms with E-state index >= 15 is 0 Å². The van der Waals surface area contributed by atoms with Crippen molar-refractivity contribution in [2.45, 2.75) is 0 Å². The molecule has 0 spiro atoms. The van der Waals surface area contributed by atoms with Gasteiger partial charge in [0.1, 0.15) is 0 Å². The van der Waals surface area contributed by atoms with Gasteiger partial charge in [-0.05, 0) is 81.0 Å². The quantitative estimate of drug-likeness (QED) is 0.216. The molecule has 0 radical (unpaired) electrons. The fraction of sp³-hybridized carbons (Fsp3) is 0. The van der Waals surface area contributed by atoms with Gasteiger partial charge in [-0.25, -0.2) is 0 Å². The van der Waals surface area contributed by atoms with Gasteiger partial charge in [-0.3, -0.25) is 4.79 Å². The molecule has 7 heteroatoms. The van der Waals surface area contributed by atoms with E-state index in [0.717, 1.165) is 8.04 Å². The molecule has 0 saturated heterocycles. The molecule has 2 rings (SSSR count). The van der Waals surface area contributed by atoms with E-state index in [-0.39, 0.29) is 11.7 Å². The summed E-state index contributed by atoms with van der Waals surface area (Å²) in [5.74, 6) is -0.190. The first-order valence-corrected chi connectivity index (χ1v) is 7.73. The van der Waals surface area contributed by atoms with Gasteiger partial charge in [-0.2, -0.15) is 0 Å². The summed E-state index contributed by atoms with van der Waals surface area (Å²) >= 11 is 5.51. The summed E-state index contributed by atoms with van der Waals surface area (Å²) < 4.78 is 1.71. The van der Waals surface area contributed by atoms with Crippen LogP contribution in [0.3, 0.4) is 0 Å². The zero-order chi connectivity index (χ0) is 15.4. The van der Waals surface area contributed by atoms with E-state index in [2.05, 4.69) is 49.0 Å². The molecule has 0 atom stereocenters. The zero-order valence-electron chi connectivity index (χ0n) is 10.7. The van der Waals surface area contributed by atoms with Crippen LogP contribution in [0.15, 0.2) is 52.1 Å². The van der Waals surface area contributed by atoms with Crippen molar-refractivity contribution in [1.29, 1.82) is 0 Å². The third-order valence-electron chi connectivity index (χ3n) is 2.72. The fourth-order valence-electron chi connectivity index (χ4n) is 1.65. The highest BCUT2D eigenvalue weighted by atomic mass is 127. The van der Waals surface area contributed by atoms with Crippen LogP contribution in [0.25, 0.3) is 0 Å². The van der Waals surface area contributed by atoms with Crippen molar-refractivity contribution >= 4 is 56.0 Å². The van der Waals surface area contributed by atoms with Gasteiger partial charge >= 0.3 is 0 Å². The van der Waals surface area contributed by atoms with Crippen LogP contribution in [-0.2, 0) is 0 Å². The average molecular weight is 460 g/mol. The number of rotatable bonds is 3. The van der Waals surface area contributed by atoms with Gasteiger partial charge in [-0.15, -0.1) is 0 Å². The Morgan fingerprint density at radius 3 is 2.52 bits per heavy atom. The smallest absolute Gasteiger partial charge is 0.256 e. The van der Waals surface area contributed by atoms with E-state index in [4.69, 9.17) is 10.9 Å². The Kier molecular flexibility index (Phi) is 5.18. The van der Waals surface area contributed by atoms with Gasteiger partial charge in [0.05, 0.1) is 5.56 Å². The summed E-state index contributed by atoms with van der Waals surface area (Å²) in [5, 5.41) is 14.3. The first-order chi connectivity index (χ1) is 10.0. The van der Waals surface area contributed by atoms with Crippen LogP contribution in [-0.4, -0.2) is 17.0 Å². The summed E-state index contributed by atoms with van der Waals surface area (Å²) in [5.41, 5.74) is 7.24. The SMILES string of the molecule is N/C(=N/O)c1ccc(NC(=O)c2cc(I)ccc2Br)cc1. The number of nitrogens with zero attached hydrogens (tertiary/aromatic N) is 1. The molecule has 5 nitrogen and oxygen atoms in total. The standard InChI is InChI=1S/C14H11BrIN3O2/c15-12-6-3-9(16)7-11(12)14(20)18-10-4-1-8(2-5-10)13(17)19-21/h1-7,21H,(H2,17,19)(H,18,20).